The van der Waals surface area contributed by atoms with Gasteiger partial charge >= 0.3 is 0 Å². The third-order valence-electron chi connectivity index (χ3n) is 2.92. The van der Waals surface area contributed by atoms with E-state index in [0.29, 0.717) is 0 Å². The van der Waals surface area contributed by atoms with Crippen LogP contribution in [0.4, 0.5) is 5.69 Å². The van der Waals surface area contributed by atoms with E-state index in [4.69, 9.17) is 5.73 Å². The fourth-order valence-corrected chi connectivity index (χ4v) is 3.06. The van der Waals surface area contributed by atoms with Gasteiger partial charge in [0.2, 0.25) is 0 Å². The van der Waals surface area contributed by atoms with Gasteiger partial charge in [-0.2, -0.15) is 0 Å². The molecule has 0 atom stereocenters. The Balaban J connectivity index is 2.19. The summed E-state index contributed by atoms with van der Waals surface area (Å²) in [6, 6.07) is 20.7. The van der Waals surface area contributed by atoms with Gasteiger partial charge in [0.25, 0.3) is 0 Å². The van der Waals surface area contributed by atoms with Gasteiger partial charge in [0.05, 0.1) is 5.69 Å². The lowest BCUT2D eigenvalue weighted by molar-refractivity contribution is 1.64. The molecule has 1 heterocycles. The molecule has 2 N–H and O–H groups in total. The van der Waals surface area contributed by atoms with Gasteiger partial charge in [0, 0.05) is 15.8 Å². The smallest absolute Gasteiger partial charge is 0.0509 e. The van der Waals surface area contributed by atoms with E-state index in [1.54, 1.807) is 11.3 Å². The summed E-state index contributed by atoms with van der Waals surface area (Å²) in [7, 11) is 0. The Kier molecular flexibility index (Phi) is 2.87. The molecular weight excluding hydrogens is 238 g/mol. The van der Waals surface area contributed by atoms with E-state index >= 15 is 0 Å². The lowest BCUT2D eigenvalue weighted by Crippen LogP contribution is -1.86. The number of thiophene rings is 1. The van der Waals surface area contributed by atoms with Crippen molar-refractivity contribution in [1.82, 2.24) is 0 Å². The Morgan fingerprint density at radius 3 is 1.89 bits per heavy atom. The molecule has 0 spiro atoms. The van der Waals surface area contributed by atoms with Crippen molar-refractivity contribution in [1.29, 1.82) is 0 Å². The maximum Gasteiger partial charge on any atom is 0.0509 e. The normalized spacial score (nSPS) is 10.4. The number of hydrogen-bond acceptors (Lipinski definition) is 2. The Morgan fingerprint density at radius 2 is 1.28 bits per heavy atom. The van der Waals surface area contributed by atoms with Crippen LogP contribution in [0.2, 0.25) is 0 Å². The van der Waals surface area contributed by atoms with Gasteiger partial charge in [-0.25, -0.2) is 0 Å². The van der Waals surface area contributed by atoms with Crippen LogP contribution >= 0.6 is 11.3 Å². The van der Waals surface area contributed by atoms with E-state index in [0.717, 1.165) is 11.3 Å². The van der Waals surface area contributed by atoms with Gasteiger partial charge in [0.1, 0.15) is 0 Å². The first kappa shape index (κ1) is 11.1. The van der Waals surface area contributed by atoms with E-state index in [9.17, 15) is 0 Å². The first-order valence-electron chi connectivity index (χ1n) is 5.84. The van der Waals surface area contributed by atoms with Crippen LogP contribution in [0.15, 0.2) is 66.0 Å². The van der Waals surface area contributed by atoms with Crippen molar-refractivity contribution >= 4 is 17.0 Å². The maximum atomic E-state index is 6.12. The second-order valence-corrected chi connectivity index (χ2v) is 5.01. The highest BCUT2D eigenvalue weighted by molar-refractivity contribution is 7.14. The Labute approximate surface area is 111 Å². The van der Waals surface area contributed by atoms with Gasteiger partial charge in [-0.1, -0.05) is 60.7 Å². The van der Waals surface area contributed by atoms with E-state index in [1.165, 1.54) is 16.0 Å². The first-order valence-corrected chi connectivity index (χ1v) is 6.72. The van der Waals surface area contributed by atoms with Crippen LogP contribution in [0, 0.1) is 0 Å². The molecule has 2 heteroatoms. The average Bonchev–Trinajstić information content (AvgIpc) is 2.83. The summed E-state index contributed by atoms with van der Waals surface area (Å²) in [4.78, 5) is 1.24. The Morgan fingerprint density at radius 1 is 0.722 bits per heavy atom. The van der Waals surface area contributed by atoms with Gasteiger partial charge in [-0.3, -0.25) is 0 Å². The standard InChI is InChI=1S/C16H13NS/c17-14-11-18-16(13-9-5-2-6-10-13)15(14)12-7-3-1-4-8-12/h1-11H,17H2. The van der Waals surface area contributed by atoms with Crippen molar-refractivity contribution in [3.63, 3.8) is 0 Å². The number of rotatable bonds is 2. The molecule has 1 nitrogen and oxygen atoms in total. The fourth-order valence-electron chi connectivity index (χ4n) is 2.08. The lowest BCUT2D eigenvalue weighted by atomic mass is 10.0. The highest BCUT2D eigenvalue weighted by Crippen LogP contribution is 2.41. The van der Waals surface area contributed by atoms with Crippen LogP contribution in [0.25, 0.3) is 21.6 Å². The third-order valence-corrected chi connectivity index (χ3v) is 3.97. The fraction of sp³-hybridized carbons (Fsp3) is 0. The molecule has 0 aliphatic heterocycles. The average molecular weight is 251 g/mol. The summed E-state index contributed by atoms with van der Waals surface area (Å²) in [6.45, 7) is 0. The van der Waals surface area contributed by atoms with E-state index < -0.39 is 0 Å². The molecule has 0 aliphatic rings. The molecule has 0 fully saturated rings. The van der Waals surface area contributed by atoms with Crippen molar-refractivity contribution in [2.75, 3.05) is 5.73 Å². The number of anilines is 1. The lowest BCUT2D eigenvalue weighted by Gasteiger charge is -2.05. The largest absolute Gasteiger partial charge is 0.398 e. The molecule has 0 aliphatic carbocycles. The molecule has 3 aromatic rings. The van der Waals surface area contributed by atoms with Crippen LogP contribution in [0.3, 0.4) is 0 Å². The zero-order valence-corrected chi connectivity index (χ0v) is 10.7. The van der Waals surface area contributed by atoms with Crippen molar-refractivity contribution in [3.05, 3.63) is 66.0 Å². The van der Waals surface area contributed by atoms with E-state index in [1.807, 2.05) is 29.6 Å². The third kappa shape index (κ3) is 1.91. The zero-order chi connectivity index (χ0) is 12.4. The maximum absolute atomic E-state index is 6.12. The summed E-state index contributed by atoms with van der Waals surface area (Å²) in [5.41, 5.74) is 10.5. The molecule has 0 radical (unpaired) electrons. The quantitative estimate of drug-likeness (QED) is 0.704. The monoisotopic (exact) mass is 251 g/mol. The highest BCUT2D eigenvalue weighted by atomic mass is 32.1. The molecule has 0 bridgehead atoms. The number of nitrogen functional groups attached to an aromatic ring is 1. The van der Waals surface area contributed by atoms with Crippen LogP contribution in [-0.4, -0.2) is 0 Å². The van der Waals surface area contributed by atoms with Gasteiger partial charge in [-0.15, -0.1) is 11.3 Å². The molecule has 0 amide bonds. The molecule has 0 saturated heterocycles. The first-order chi connectivity index (χ1) is 8.86. The second kappa shape index (κ2) is 4.67. The van der Waals surface area contributed by atoms with Crippen molar-refractivity contribution in [2.45, 2.75) is 0 Å². The SMILES string of the molecule is Nc1csc(-c2ccccc2)c1-c1ccccc1. The summed E-state index contributed by atoms with van der Waals surface area (Å²) in [5.74, 6) is 0. The Bertz CT molecular complexity index is 641. The zero-order valence-electron chi connectivity index (χ0n) is 9.84. The van der Waals surface area contributed by atoms with E-state index in [2.05, 4.69) is 36.4 Å². The number of nitrogens with two attached hydrogens (primary N) is 1. The molecule has 0 saturated carbocycles. The van der Waals surface area contributed by atoms with Crippen molar-refractivity contribution in [2.24, 2.45) is 0 Å². The van der Waals surface area contributed by atoms with E-state index in [-0.39, 0.29) is 0 Å². The summed E-state index contributed by atoms with van der Waals surface area (Å²) >= 11 is 1.70. The van der Waals surface area contributed by atoms with Crippen molar-refractivity contribution < 1.29 is 0 Å². The van der Waals surface area contributed by atoms with Crippen molar-refractivity contribution in [3.8, 4) is 21.6 Å². The summed E-state index contributed by atoms with van der Waals surface area (Å²) < 4.78 is 0. The molecule has 1 aromatic heterocycles. The molecule has 2 aromatic carbocycles. The predicted octanol–water partition coefficient (Wildman–Crippen LogP) is 4.66. The topological polar surface area (TPSA) is 26.0 Å². The highest BCUT2D eigenvalue weighted by Gasteiger charge is 2.12. The number of hydrogen-bond donors (Lipinski definition) is 1. The van der Waals surface area contributed by atoms with Crippen LogP contribution in [0.5, 0.6) is 0 Å². The van der Waals surface area contributed by atoms with Crippen LogP contribution in [-0.2, 0) is 0 Å². The minimum atomic E-state index is 0.852. The predicted molar refractivity (Wildman–Crippen MR) is 79.6 cm³/mol. The van der Waals surface area contributed by atoms with Crippen LogP contribution < -0.4 is 5.73 Å². The summed E-state index contributed by atoms with van der Waals surface area (Å²) in [6.07, 6.45) is 0. The Hall–Kier alpha value is -2.06. The molecule has 88 valence electrons. The van der Waals surface area contributed by atoms with Crippen LogP contribution in [0.1, 0.15) is 0 Å². The minimum Gasteiger partial charge on any atom is -0.398 e. The van der Waals surface area contributed by atoms with Gasteiger partial charge in [0.15, 0.2) is 0 Å². The number of benzene rings is 2. The van der Waals surface area contributed by atoms with Gasteiger partial charge in [-0.05, 0) is 11.1 Å². The second-order valence-electron chi connectivity index (χ2n) is 4.13. The molecule has 3 rings (SSSR count). The molecule has 18 heavy (non-hydrogen) atoms. The van der Waals surface area contributed by atoms with Gasteiger partial charge < -0.3 is 5.73 Å². The summed E-state index contributed by atoms with van der Waals surface area (Å²) in [5, 5.41) is 2.02. The minimum absolute atomic E-state index is 0.852. The molecule has 0 unspecified atom stereocenters. The molecular formula is C16H13NS.